The lowest BCUT2D eigenvalue weighted by atomic mass is 10.2. The lowest BCUT2D eigenvalue weighted by Crippen LogP contribution is -2.37. The van der Waals surface area contributed by atoms with Crippen LogP contribution < -0.4 is 5.73 Å². The maximum Gasteiger partial charge on any atom is 0.321 e. The van der Waals surface area contributed by atoms with E-state index >= 15 is 0 Å². The summed E-state index contributed by atoms with van der Waals surface area (Å²) in [6.45, 7) is 0. The van der Waals surface area contributed by atoms with Crippen LogP contribution in [0.4, 0.5) is 4.79 Å². The Labute approximate surface area is 86.3 Å². The van der Waals surface area contributed by atoms with Crippen molar-refractivity contribution in [1.82, 2.24) is 4.90 Å². The molecule has 1 rings (SSSR count). The van der Waals surface area contributed by atoms with Gasteiger partial charge >= 0.3 is 6.03 Å². The number of halogens is 1. The van der Waals surface area contributed by atoms with Gasteiger partial charge in [0.05, 0.1) is 10.6 Å². The van der Waals surface area contributed by atoms with Crippen LogP contribution in [0.25, 0.3) is 0 Å². The molecule has 74 valence electrons. The van der Waals surface area contributed by atoms with Crippen molar-refractivity contribution in [2.24, 2.45) is 5.73 Å². The molecule has 5 heteroatoms. The van der Waals surface area contributed by atoms with Crippen molar-refractivity contribution in [3.05, 3.63) is 34.9 Å². The lowest BCUT2D eigenvalue weighted by Gasteiger charge is -2.12. The average Bonchev–Trinajstić information content (AvgIpc) is 2.16. The molecule has 2 N–H and O–H groups in total. The SMILES string of the molecule is CN(C(N)=O)C(=O)c1ccccc1Cl. The predicted octanol–water partition coefficient (Wildman–Crippen LogP) is 1.49. The lowest BCUT2D eigenvalue weighted by molar-refractivity contribution is 0.0838. The van der Waals surface area contributed by atoms with Crippen LogP contribution in [-0.4, -0.2) is 23.9 Å². The molecule has 0 aliphatic carbocycles. The van der Waals surface area contributed by atoms with Crippen molar-refractivity contribution in [2.45, 2.75) is 0 Å². The van der Waals surface area contributed by atoms with Crippen molar-refractivity contribution < 1.29 is 9.59 Å². The van der Waals surface area contributed by atoms with E-state index < -0.39 is 11.9 Å². The average molecular weight is 213 g/mol. The van der Waals surface area contributed by atoms with E-state index in [9.17, 15) is 9.59 Å². The first-order chi connectivity index (χ1) is 6.54. The summed E-state index contributed by atoms with van der Waals surface area (Å²) in [5.74, 6) is -0.511. The first-order valence-corrected chi connectivity index (χ1v) is 4.24. The number of carbonyl (C=O) groups is 2. The first-order valence-electron chi connectivity index (χ1n) is 3.86. The number of nitrogens with two attached hydrogens (primary N) is 1. The second-order valence-electron chi connectivity index (χ2n) is 2.68. The summed E-state index contributed by atoms with van der Waals surface area (Å²) in [4.78, 5) is 23.1. The van der Waals surface area contributed by atoms with Gasteiger partial charge in [0, 0.05) is 7.05 Å². The van der Waals surface area contributed by atoms with Gasteiger partial charge in [0.15, 0.2) is 0 Å². The Morgan fingerprint density at radius 1 is 1.36 bits per heavy atom. The molecule has 14 heavy (non-hydrogen) atoms. The number of nitrogens with zero attached hydrogens (tertiary/aromatic N) is 1. The number of rotatable bonds is 1. The van der Waals surface area contributed by atoms with Gasteiger partial charge in [-0.1, -0.05) is 23.7 Å². The van der Waals surface area contributed by atoms with Gasteiger partial charge in [-0.15, -0.1) is 0 Å². The molecular weight excluding hydrogens is 204 g/mol. The summed E-state index contributed by atoms with van der Waals surface area (Å²) in [6, 6.07) is 5.65. The molecule has 4 nitrogen and oxygen atoms in total. The highest BCUT2D eigenvalue weighted by atomic mass is 35.5. The Morgan fingerprint density at radius 2 is 1.93 bits per heavy atom. The van der Waals surface area contributed by atoms with Crippen molar-refractivity contribution >= 4 is 23.5 Å². The van der Waals surface area contributed by atoms with Crippen LogP contribution in [0.3, 0.4) is 0 Å². The summed E-state index contributed by atoms with van der Waals surface area (Å²) in [7, 11) is 1.30. The van der Waals surface area contributed by atoms with Gasteiger partial charge in [-0.05, 0) is 12.1 Å². The molecule has 0 bridgehead atoms. The quantitative estimate of drug-likeness (QED) is 0.767. The number of primary amides is 1. The second-order valence-corrected chi connectivity index (χ2v) is 3.09. The fourth-order valence-electron chi connectivity index (χ4n) is 0.915. The molecule has 1 aromatic carbocycles. The molecule has 0 heterocycles. The largest absolute Gasteiger partial charge is 0.351 e. The van der Waals surface area contributed by atoms with Gasteiger partial charge in [0.2, 0.25) is 0 Å². The molecule has 3 amide bonds. The van der Waals surface area contributed by atoms with Gasteiger partial charge < -0.3 is 5.73 Å². The molecule has 1 aromatic rings. The normalized spacial score (nSPS) is 9.57. The molecular formula is C9H9ClN2O2. The molecule has 0 saturated carbocycles. The fraction of sp³-hybridized carbons (Fsp3) is 0.111. The molecule has 0 aliphatic rings. The molecule has 0 radical (unpaired) electrons. The third-order valence-electron chi connectivity index (χ3n) is 1.74. The van der Waals surface area contributed by atoms with Crippen LogP contribution in [0.2, 0.25) is 5.02 Å². The minimum absolute atomic E-state index is 0.260. The highest BCUT2D eigenvalue weighted by Gasteiger charge is 2.17. The van der Waals surface area contributed by atoms with Crippen LogP contribution in [-0.2, 0) is 0 Å². The molecule has 0 aliphatic heterocycles. The zero-order valence-electron chi connectivity index (χ0n) is 7.53. The van der Waals surface area contributed by atoms with Crippen molar-refractivity contribution in [3.8, 4) is 0 Å². The number of hydrogen-bond donors (Lipinski definition) is 1. The van der Waals surface area contributed by atoms with E-state index in [1.807, 2.05) is 0 Å². The van der Waals surface area contributed by atoms with Gasteiger partial charge in [-0.25, -0.2) is 4.79 Å². The third-order valence-corrected chi connectivity index (χ3v) is 2.07. The molecule has 0 saturated heterocycles. The number of carbonyl (C=O) groups excluding carboxylic acids is 2. The minimum atomic E-state index is -0.810. The van der Waals surface area contributed by atoms with Crippen LogP contribution in [0.5, 0.6) is 0 Å². The smallest absolute Gasteiger partial charge is 0.321 e. The van der Waals surface area contributed by atoms with Gasteiger partial charge in [-0.3, -0.25) is 9.69 Å². The van der Waals surface area contributed by atoms with E-state index in [2.05, 4.69) is 0 Å². The van der Waals surface area contributed by atoms with Crippen molar-refractivity contribution in [1.29, 1.82) is 0 Å². The zero-order valence-corrected chi connectivity index (χ0v) is 8.28. The molecule has 0 atom stereocenters. The Morgan fingerprint density at radius 3 is 2.43 bits per heavy atom. The summed E-state index contributed by atoms with van der Waals surface area (Å²) in [6.07, 6.45) is 0. The van der Waals surface area contributed by atoms with Gasteiger partial charge in [-0.2, -0.15) is 0 Å². The van der Waals surface area contributed by atoms with Crippen molar-refractivity contribution in [3.63, 3.8) is 0 Å². The fourth-order valence-corrected chi connectivity index (χ4v) is 1.13. The third kappa shape index (κ3) is 2.03. The van der Waals surface area contributed by atoms with Crippen molar-refractivity contribution in [2.75, 3.05) is 7.05 Å². The number of imide groups is 1. The maximum atomic E-state index is 11.5. The van der Waals surface area contributed by atoms with Crippen LogP contribution in [0.15, 0.2) is 24.3 Å². The summed E-state index contributed by atoms with van der Waals surface area (Å²) < 4.78 is 0. The summed E-state index contributed by atoms with van der Waals surface area (Å²) in [5.41, 5.74) is 5.21. The van der Waals surface area contributed by atoms with Crippen LogP contribution in [0.1, 0.15) is 10.4 Å². The van der Waals surface area contributed by atoms with E-state index in [1.54, 1.807) is 18.2 Å². The predicted molar refractivity (Wildman–Crippen MR) is 53.1 cm³/mol. The Bertz CT molecular complexity index is 379. The van der Waals surface area contributed by atoms with Crippen LogP contribution >= 0.6 is 11.6 Å². The highest BCUT2D eigenvalue weighted by Crippen LogP contribution is 2.16. The highest BCUT2D eigenvalue weighted by molar-refractivity contribution is 6.34. The molecule has 0 fully saturated rings. The van der Waals surface area contributed by atoms with E-state index in [4.69, 9.17) is 17.3 Å². The van der Waals surface area contributed by atoms with E-state index in [0.717, 1.165) is 4.90 Å². The minimum Gasteiger partial charge on any atom is -0.351 e. The first kappa shape index (κ1) is 10.5. The number of benzene rings is 1. The Kier molecular flexibility index (Phi) is 3.09. The molecule has 0 spiro atoms. The maximum absolute atomic E-state index is 11.5. The van der Waals surface area contributed by atoms with E-state index in [1.165, 1.54) is 13.1 Å². The second kappa shape index (κ2) is 4.11. The zero-order chi connectivity index (χ0) is 10.7. The van der Waals surface area contributed by atoms with Gasteiger partial charge in [0.1, 0.15) is 0 Å². The number of amides is 3. The Balaban J connectivity index is 3.01. The monoisotopic (exact) mass is 212 g/mol. The Hall–Kier alpha value is -1.55. The van der Waals surface area contributed by atoms with E-state index in [-0.39, 0.29) is 5.56 Å². The molecule has 0 unspecified atom stereocenters. The number of hydrogen-bond acceptors (Lipinski definition) is 2. The topological polar surface area (TPSA) is 63.4 Å². The molecule has 0 aromatic heterocycles. The summed E-state index contributed by atoms with van der Waals surface area (Å²) >= 11 is 5.77. The number of urea groups is 1. The van der Waals surface area contributed by atoms with E-state index in [0.29, 0.717) is 5.02 Å². The van der Waals surface area contributed by atoms with Gasteiger partial charge in [0.25, 0.3) is 5.91 Å². The summed E-state index contributed by atoms with van der Waals surface area (Å²) in [5, 5.41) is 0.297. The van der Waals surface area contributed by atoms with Crippen LogP contribution in [0, 0.1) is 0 Å². The standard InChI is InChI=1S/C9H9ClN2O2/c1-12(9(11)14)8(13)6-4-2-3-5-7(6)10/h2-5H,1H3,(H2,11,14).